The Hall–Kier alpha value is -1.11. The van der Waals surface area contributed by atoms with E-state index in [2.05, 4.69) is 0 Å². The maximum absolute atomic E-state index is 12.5. The molecular weight excluding hydrogens is 252 g/mol. The Kier molecular flexibility index (Phi) is 3.35. The second-order valence-corrected chi connectivity index (χ2v) is 6.62. The topological polar surface area (TPSA) is 83.6 Å². The fourth-order valence-electron chi connectivity index (χ4n) is 2.21. The molecule has 0 radical (unpaired) electrons. The molecule has 6 heteroatoms. The SMILES string of the molecule is Cc1ccc(C)c(S(=O)(=O)N2CCC(O)C2)c1N. The summed E-state index contributed by atoms with van der Waals surface area (Å²) in [6.45, 7) is 4.01. The van der Waals surface area contributed by atoms with Gasteiger partial charge in [-0.25, -0.2) is 8.42 Å². The molecule has 1 aliphatic heterocycles. The second-order valence-electron chi connectivity index (χ2n) is 4.75. The number of rotatable bonds is 2. The summed E-state index contributed by atoms with van der Waals surface area (Å²) in [6.07, 6.45) is -0.101. The Bertz CT molecular complexity index is 569. The van der Waals surface area contributed by atoms with Crippen molar-refractivity contribution in [3.8, 4) is 0 Å². The summed E-state index contributed by atoms with van der Waals surface area (Å²) in [6, 6.07) is 3.56. The number of nitrogens with two attached hydrogens (primary N) is 1. The summed E-state index contributed by atoms with van der Waals surface area (Å²) in [4.78, 5) is 0.177. The first-order chi connectivity index (χ1) is 8.34. The average Bonchev–Trinajstić information content (AvgIpc) is 2.71. The summed E-state index contributed by atoms with van der Waals surface area (Å²) >= 11 is 0. The smallest absolute Gasteiger partial charge is 0.245 e. The molecule has 0 spiro atoms. The monoisotopic (exact) mass is 270 g/mol. The van der Waals surface area contributed by atoms with Crippen LogP contribution in [-0.2, 0) is 10.0 Å². The lowest BCUT2D eigenvalue weighted by Crippen LogP contribution is -2.31. The number of aryl methyl sites for hydroxylation is 2. The zero-order chi connectivity index (χ0) is 13.5. The lowest BCUT2D eigenvalue weighted by Gasteiger charge is -2.19. The van der Waals surface area contributed by atoms with Gasteiger partial charge in [-0.1, -0.05) is 12.1 Å². The molecule has 1 aromatic carbocycles. The highest BCUT2D eigenvalue weighted by Gasteiger charge is 2.34. The molecule has 5 nitrogen and oxygen atoms in total. The van der Waals surface area contributed by atoms with E-state index in [9.17, 15) is 13.5 Å². The Balaban J connectivity index is 2.51. The van der Waals surface area contributed by atoms with Crippen LogP contribution in [0.2, 0.25) is 0 Å². The van der Waals surface area contributed by atoms with Gasteiger partial charge in [-0.05, 0) is 31.4 Å². The molecule has 1 aliphatic rings. The van der Waals surface area contributed by atoms with E-state index in [1.165, 1.54) is 4.31 Å². The lowest BCUT2D eigenvalue weighted by atomic mass is 10.1. The molecule has 0 amide bonds. The van der Waals surface area contributed by atoms with Crippen molar-refractivity contribution in [1.82, 2.24) is 4.31 Å². The van der Waals surface area contributed by atoms with E-state index in [0.29, 0.717) is 24.2 Å². The van der Waals surface area contributed by atoms with E-state index in [4.69, 9.17) is 5.73 Å². The van der Waals surface area contributed by atoms with Crippen LogP contribution in [0.25, 0.3) is 0 Å². The summed E-state index contributed by atoms with van der Waals surface area (Å²) in [5, 5.41) is 9.47. The van der Waals surface area contributed by atoms with Gasteiger partial charge in [0.05, 0.1) is 11.8 Å². The van der Waals surface area contributed by atoms with Crippen LogP contribution in [0.4, 0.5) is 5.69 Å². The van der Waals surface area contributed by atoms with Crippen LogP contribution < -0.4 is 5.73 Å². The number of β-amino-alcohol motifs (C(OH)–C–C–N with tert-alkyl or cyclic N) is 1. The van der Waals surface area contributed by atoms with Crippen molar-refractivity contribution in [2.24, 2.45) is 0 Å². The first-order valence-electron chi connectivity index (χ1n) is 5.88. The van der Waals surface area contributed by atoms with Gasteiger partial charge >= 0.3 is 0 Å². The number of nitrogens with zero attached hydrogens (tertiary/aromatic N) is 1. The van der Waals surface area contributed by atoms with Crippen LogP contribution in [0.3, 0.4) is 0 Å². The highest BCUT2D eigenvalue weighted by atomic mass is 32.2. The highest BCUT2D eigenvalue weighted by Crippen LogP contribution is 2.30. The summed E-state index contributed by atoms with van der Waals surface area (Å²) in [7, 11) is -3.61. The van der Waals surface area contributed by atoms with Gasteiger partial charge in [0, 0.05) is 13.1 Å². The fraction of sp³-hybridized carbons (Fsp3) is 0.500. The molecule has 0 aromatic heterocycles. The van der Waals surface area contributed by atoms with Crippen LogP contribution in [0, 0.1) is 13.8 Å². The molecule has 1 aromatic rings. The summed E-state index contributed by atoms with van der Waals surface area (Å²) in [5.74, 6) is 0. The molecule has 1 saturated heterocycles. The lowest BCUT2D eigenvalue weighted by molar-refractivity contribution is 0.189. The van der Waals surface area contributed by atoms with E-state index in [1.54, 1.807) is 19.9 Å². The summed E-state index contributed by atoms with van der Waals surface area (Å²) < 4.78 is 26.3. The maximum Gasteiger partial charge on any atom is 0.245 e. The number of hydrogen-bond acceptors (Lipinski definition) is 4. The summed E-state index contributed by atoms with van der Waals surface area (Å²) in [5.41, 5.74) is 7.59. The molecule has 1 heterocycles. The third kappa shape index (κ3) is 2.11. The minimum Gasteiger partial charge on any atom is -0.397 e. The molecule has 0 saturated carbocycles. The van der Waals surface area contributed by atoms with Crippen molar-refractivity contribution < 1.29 is 13.5 Å². The molecule has 1 atom stereocenters. The number of sulfonamides is 1. The molecule has 1 fully saturated rings. The van der Waals surface area contributed by atoms with Gasteiger partial charge < -0.3 is 10.8 Å². The Labute approximate surface area is 107 Å². The zero-order valence-corrected chi connectivity index (χ0v) is 11.4. The first-order valence-corrected chi connectivity index (χ1v) is 7.32. The maximum atomic E-state index is 12.5. The third-order valence-electron chi connectivity index (χ3n) is 3.33. The predicted molar refractivity (Wildman–Crippen MR) is 69.7 cm³/mol. The molecule has 0 aliphatic carbocycles. The molecule has 1 unspecified atom stereocenters. The van der Waals surface area contributed by atoms with Gasteiger partial charge in [-0.2, -0.15) is 4.31 Å². The molecule has 18 heavy (non-hydrogen) atoms. The largest absolute Gasteiger partial charge is 0.397 e. The number of benzene rings is 1. The van der Waals surface area contributed by atoms with E-state index in [1.807, 2.05) is 6.07 Å². The molecular formula is C12H18N2O3S. The quantitative estimate of drug-likeness (QED) is 0.773. The van der Waals surface area contributed by atoms with Gasteiger partial charge in [-0.15, -0.1) is 0 Å². The van der Waals surface area contributed by atoms with Gasteiger partial charge in [0.2, 0.25) is 10.0 Å². The van der Waals surface area contributed by atoms with Crippen molar-refractivity contribution in [3.63, 3.8) is 0 Å². The van der Waals surface area contributed by atoms with Gasteiger partial charge in [0.25, 0.3) is 0 Å². The average molecular weight is 270 g/mol. The second kappa shape index (κ2) is 4.53. The van der Waals surface area contributed by atoms with Crippen molar-refractivity contribution in [3.05, 3.63) is 23.3 Å². The van der Waals surface area contributed by atoms with Crippen LogP contribution in [0.15, 0.2) is 17.0 Å². The molecule has 0 bridgehead atoms. The minimum absolute atomic E-state index is 0.148. The Morgan fingerprint density at radius 2 is 1.94 bits per heavy atom. The van der Waals surface area contributed by atoms with E-state index in [-0.39, 0.29) is 11.4 Å². The number of aliphatic hydroxyl groups excluding tert-OH is 1. The first kappa shape index (κ1) is 13.3. The van der Waals surface area contributed by atoms with Crippen molar-refractivity contribution >= 4 is 15.7 Å². The van der Waals surface area contributed by atoms with Crippen LogP contribution in [0.5, 0.6) is 0 Å². The van der Waals surface area contributed by atoms with Crippen LogP contribution in [0.1, 0.15) is 17.5 Å². The Morgan fingerprint density at radius 1 is 1.33 bits per heavy atom. The number of nitrogen functional groups attached to an aromatic ring is 1. The Morgan fingerprint density at radius 3 is 2.50 bits per heavy atom. The minimum atomic E-state index is -3.61. The van der Waals surface area contributed by atoms with Crippen molar-refractivity contribution in [2.75, 3.05) is 18.8 Å². The number of hydrogen-bond donors (Lipinski definition) is 2. The van der Waals surface area contributed by atoms with Gasteiger partial charge in [0.15, 0.2) is 0 Å². The van der Waals surface area contributed by atoms with Crippen LogP contribution >= 0.6 is 0 Å². The standard InChI is InChI=1S/C12H18N2O3S/c1-8-3-4-9(2)12(11(8)13)18(16,17)14-6-5-10(15)7-14/h3-4,10,15H,5-7,13H2,1-2H3. The third-order valence-corrected chi connectivity index (χ3v) is 5.40. The molecule has 3 N–H and O–H groups in total. The van der Waals surface area contributed by atoms with Gasteiger partial charge in [0.1, 0.15) is 4.90 Å². The normalized spacial score (nSPS) is 21.4. The van der Waals surface area contributed by atoms with Gasteiger partial charge in [-0.3, -0.25) is 0 Å². The fourth-order valence-corrected chi connectivity index (χ4v) is 4.09. The highest BCUT2D eigenvalue weighted by molar-refractivity contribution is 7.89. The van der Waals surface area contributed by atoms with Crippen LogP contribution in [-0.4, -0.2) is 37.0 Å². The van der Waals surface area contributed by atoms with E-state index in [0.717, 1.165) is 5.56 Å². The van der Waals surface area contributed by atoms with E-state index >= 15 is 0 Å². The van der Waals surface area contributed by atoms with Crippen molar-refractivity contribution in [2.45, 2.75) is 31.3 Å². The zero-order valence-electron chi connectivity index (χ0n) is 10.5. The number of anilines is 1. The molecule has 100 valence electrons. The number of aliphatic hydroxyl groups is 1. The molecule has 2 rings (SSSR count). The van der Waals surface area contributed by atoms with Crippen molar-refractivity contribution in [1.29, 1.82) is 0 Å². The van der Waals surface area contributed by atoms with E-state index < -0.39 is 16.1 Å². The predicted octanol–water partition coefficient (Wildman–Crippen LogP) is 0.641.